The van der Waals surface area contributed by atoms with Crippen molar-refractivity contribution in [3.05, 3.63) is 54.4 Å². The summed E-state index contributed by atoms with van der Waals surface area (Å²) in [5.41, 5.74) is 4.05. The zero-order valence-electron chi connectivity index (χ0n) is 16.2. The summed E-state index contributed by atoms with van der Waals surface area (Å²) in [5, 5.41) is 9.30. The molecule has 0 saturated carbocycles. The number of aromatic nitrogens is 1. The minimum absolute atomic E-state index is 0.155. The fourth-order valence-electron chi connectivity index (χ4n) is 4.08. The Morgan fingerprint density at radius 2 is 1.77 bits per heavy atom. The Labute approximate surface area is 157 Å². The number of nitrogens with zero attached hydrogens (tertiary/aromatic N) is 3. The Morgan fingerprint density at radius 3 is 2.31 bits per heavy atom. The minimum Gasteiger partial charge on any atom is -0.299 e. The third-order valence-corrected chi connectivity index (χ3v) is 6.18. The van der Waals surface area contributed by atoms with Crippen LogP contribution in [0.25, 0.3) is 11.1 Å². The Morgan fingerprint density at radius 1 is 1.08 bits per heavy atom. The van der Waals surface area contributed by atoms with Gasteiger partial charge in [0, 0.05) is 25.4 Å². The fourth-order valence-corrected chi connectivity index (χ4v) is 4.08. The Bertz CT molecular complexity index is 743. The Hall–Kier alpha value is -2.18. The summed E-state index contributed by atoms with van der Waals surface area (Å²) in [5.74, 6) is 0. The molecule has 136 valence electrons. The van der Waals surface area contributed by atoms with Crippen molar-refractivity contribution in [2.24, 2.45) is 10.8 Å². The van der Waals surface area contributed by atoms with E-state index in [2.05, 4.69) is 67.1 Å². The van der Waals surface area contributed by atoms with E-state index >= 15 is 0 Å². The molecule has 1 aliphatic rings. The molecular weight excluding hydrogens is 318 g/mol. The topological polar surface area (TPSA) is 39.9 Å². The molecule has 0 unspecified atom stereocenters. The highest BCUT2D eigenvalue weighted by Crippen LogP contribution is 2.49. The second kappa shape index (κ2) is 7.60. The molecule has 0 atom stereocenters. The zero-order valence-corrected chi connectivity index (χ0v) is 16.2. The second-order valence-corrected chi connectivity index (χ2v) is 8.58. The summed E-state index contributed by atoms with van der Waals surface area (Å²) < 4.78 is 0. The number of pyridine rings is 1. The number of piperidine rings is 1. The van der Waals surface area contributed by atoms with Crippen LogP contribution in [0.2, 0.25) is 0 Å². The van der Waals surface area contributed by atoms with Crippen LogP contribution in [0.4, 0.5) is 0 Å². The summed E-state index contributed by atoms with van der Waals surface area (Å²) >= 11 is 0. The van der Waals surface area contributed by atoms with Gasteiger partial charge in [0.25, 0.3) is 0 Å². The number of hydrogen-bond acceptors (Lipinski definition) is 3. The van der Waals surface area contributed by atoms with Gasteiger partial charge in [-0.25, -0.2) is 0 Å². The maximum absolute atomic E-state index is 9.30. The number of nitriles is 1. The van der Waals surface area contributed by atoms with E-state index in [1.807, 2.05) is 12.3 Å². The molecule has 3 rings (SSSR count). The first-order chi connectivity index (χ1) is 12.4. The molecule has 0 aliphatic carbocycles. The van der Waals surface area contributed by atoms with Gasteiger partial charge >= 0.3 is 0 Å². The van der Waals surface area contributed by atoms with Gasteiger partial charge in [-0.1, -0.05) is 51.1 Å². The van der Waals surface area contributed by atoms with E-state index in [9.17, 15) is 5.26 Å². The van der Waals surface area contributed by atoms with Crippen LogP contribution in [0.1, 0.15) is 45.6 Å². The second-order valence-electron chi connectivity index (χ2n) is 8.58. The first-order valence-corrected chi connectivity index (χ1v) is 9.52. The van der Waals surface area contributed by atoms with Gasteiger partial charge in [-0.15, -0.1) is 0 Å². The molecule has 1 saturated heterocycles. The molecule has 1 aliphatic heterocycles. The maximum Gasteiger partial charge on any atom is 0.0627 e. The lowest BCUT2D eigenvalue weighted by Crippen LogP contribution is -2.46. The van der Waals surface area contributed by atoms with Gasteiger partial charge in [0.1, 0.15) is 0 Å². The molecule has 3 nitrogen and oxygen atoms in total. The normalized spacial score (nSPS) is 17.6. The summed E-state index contributed by atoms with van der Waals surface area (Å²) in [4.78, 5) is 6.72. The van der Waals surface area contributed by atoms with Gasteiger partial charge in [0.05, 0.1) is 6.07 Å². The molecule has 1 aromatic heterocycles. The molecule has 2 aromatic rings. The fraction of sp³-hybridized carbons (Fsp3) is 0.478. The summed E-state index contributed by atoms with van der Waals surface area (Å²) in [6.45, 7) is 10.00. The number of hydrogen-bond donors (Lipinski definition) is 0. The average molecular weight is 348 g/mol. The van der Waals surface area contributed by atoms with E-state index in [0.29, 0.717) is 6.42 Å². The van der Waals surface area contributed by atoms with Crippen molar-refractivity contribution in [3.8, 4) is 17.2 Å². The molecule has 0 spiro atoms. The van der Waals surface area contributed by atoms with Crippen molar-refractivity contribution in [2.75, 3.05) is 13.1 Å². The molecular formula is C23H29N3. The molecule has 0 bridgehead atoms. The van der Waals surface area contributed by atoms with Gasteiger partial charge in [0.15, 0.2) is 0 Å². The lowest BCUT2D eigenvalue weighted by Gasteiger charge is -2.49. The molecule has 2 heterocycles. The van der Waals surface area contributed by atoms with Crippen molar-refractivity contribution >= 4 is 0 Å². The third kappa shape index (κ3) is 3.97. The highest BCUT2D eigenvalue weighted by Gasteiger charge is 2.43. The van der Waals surface area contributed by atoms with Gasteiger partial charge in [-0.3, -0.25) is 9.88 Å². The van der Waals surface area contributed by atoms with Crippen molar-refractivity contribution < 1.29 is 0 Å². The van der Waals surface area contributed by atoms with E-state index in [-0.39, 0.29) is 10.8 Å². The highest BCUT2D eigenvalue weighted by atomic mass is 15.1. The van der Waals surface area contributed by atoms with Crippen LogP contribution in [-0.2, 0) is 6.54 Å². The molecule has 0 radical (unpaired) electrons. The molecule has 1 aromatic carbocycles. The van der Waals surface area contributed by atoms with Gasteiger partial charge in [-0.2, -0.15) is 5.26 Å². The molecule has 26 heavy (non-hydrogen) atoms. The van der Waals surface area contributed by atoms with Crippen molar-refractivity contribution in [1.29, 1.82) is 5.26 Å². The van der Waals surface area contributed by atoms with Crippen molar-refractivity contribution in [1.82, 2.24) is 9.88 Å². The first kappa shape index (κ1) is 18.6. The first-order valence-electron chi connectivity index (χ1n) is 9.52. The number of rotatable bonds is 4. The Balaban J connectivity index is 1.62. The average Bonchev–Trinajstić information content (AvgIpc) is 2.64. The standard InChI is InChI=1S/C23H29N3/c1-22(2,3)23(10-13-24)11-15-26(16-12-23)18-19-6-8-20(9-7-19)21-5-4-14-25-17-21/h4-9,14,17H,10-12,15-16,18H2,1-3H3. The summed E-state index contributed by atoms with van der Waals surface area (Å²) in [7, 11) is 0. The van der Waals surface area contributed by atoms with Gasteiger partial charge in [-0.05, 0) is 59.5 Å². The quantitative estimate of drug-likeness (QED) is 0.754. The highest BCUT2D eigenvalue weighted by molar-refractivity contribution is 5.62. The third-order valence-electron chi connectivity index (χ3n) is 6.18. The van der Waals surface area contributed by atoms with Crippen LogP contribution in [0.15, 0.2) is 48.8 Å². The smallest absolute Gasteiger partial charge is 0.0627 e. The van der Waals surface area contributed by atoms with E-state index in [0.717, 1.165) is 38.0 Å². The van der Waals surface area contributed by atoms with E-state index in [1.165, 1.54) is 11.1 Å². The molecule has 3 heteroatoms. The lowest BCUT2D eigenvalue weighted by molar-refractivity contribution is 0.00711. The van der Waals surface area contributed by atoms with Crippen LogP contribution in [0, 0.1) is 22.2 Å². The molecule has 0 amide bonds. The maximum atomic E-state index is 9.30. The van der Waals surface area contributed by atoms with Crippen LogP contribution in [0.3, 0.4) is 0 Å². The van der Waals surface area contributed by atoms with E-state index in [1.54, 1.807) is 6.20 Å². The van der Waals surface area contributed by atoms with Crippen LogP contribution < -0.4 is 0 Å². The number of likely N-dealkylation sites (tertiary alicyclic amines) is 1. The Kier molecular flexibility index (Phi) is 5.44. The molecule has 0 N–H and O–H groups in total. The summed E-state index contributed by atoms with van der Waals surface area (Å²) in [6, 6.07) is 15.3. The minimum atomic E-state index is 0.155. The summed E-state index contributed by atoms with van der Waals surface area (Å²) in [6.07, 6.45) is 6.60. The number of benzene rings is 1. The monoisotopic (exact) mass is 347 g/mol. The predicted octanol–water partition coefficient (Wildman–Crippen LogP) is 5.29. The van der Waals surface area contributed by atoms with E-state index in [4.69, 9.17) is 0 Å². The van der Waals surface area contributed by atoms with Crippen LogP contribution in [-0.4, -0.2) is 23.0 Å². The predicted molar refractivity (Wildman–Crippen MR) is 106 cm³/mol. The molecule has 1 fully saturated rings. The van der Waals surface area contributed by atoms with E-state index < -0.39 is 0 Å². The largest absolute Gasteiger partial charge is 0.299 e. The van der Waals surface area contributed by atoms with Crippen LogP contribution in [0.5, 0.6) is 0 Å². The van der Waals surface area contributed by atoms with Crippen molar-refractivity contribution in [3.63, 3.8) is 0 Å². The van der Waals surface area contributed by atoms with Gasteiger partial charge in [0.2, 0.25) is 0 Å². The van der Waals surface area contributed by atoms with Gasteiger partial charge < -0.3 is 0 Å². The lowest BCUT2D eigenvalue weighted by atomic mass is 9.60. The van der Waals surface area contributed by atoms with Crippen molar-refractivity contribution in [2.45, 2.75) is 46.6 Å². The zero-order chi connectivity index (χ0) is 18.6. The SMILES string of the molecule is CC(C)(C)C1(CC#N)CCN(Cc2ccc(-c3cccnc3)cc2)CC1. The van der Waals surface area contributed by atoms with Crippen LogP contribution >= 0.6 is 0 Å².